The summed E-state index contributed by atoms with van der Waals surface area (Å²) in [5.41, 5.74) is -0.832. The minimum absolute atomic E-state index is 0.262. The Balaban J connectivity index is 2.32. The topological polar surface area (TPSA) is 75.6 Å². The van der Waals surface area contributed by atoms with Crippen LogP contribution in [-0.2, 0) is 19.9 Å². The first-order valence-corrected chi connectivity index (χ1v) is 7.86. The summed E-state index contributed by atoms with van der Waals surface area (Å²) in [5, 5.41) is 12.2. The molecular weight excluding hydrogens is 325 g/mol. The van der Waals surface area contributed by atoms with Gasteiger partial charge in [-0.1, -0.05) is 42.5 Å². The minimum Gasteiger partial charge on any atom is -0.479 e. The van der Waals surface area contributed by atoms with Gasteiger partial charge in [0, 0.05) is 6.61 Å². The highest BCUT2D eigenvalue weighted by Gasteiger charge is 2.39. The third-order valence-corrected chi connectivity index (χ3v) is 3.90. The van der Waals surface area contributed by atoms with Crippen molar-refractivity contribution in [2.45, 2.75) is 25.5 Å². The van der Waals surface area contributed by atoms with Crippen molar-refractivity contribution < 1.29 is 23.8 Å². The molecule has 0 bridgehead atoms. The highest BCUT2D eigenvalue weighted by Crippen LogP contribution is 2.25. The molecule has 2 N–H and O–H groups in total. The highest BCUT2D eigenvalue weighted by molar-refractivity contribution is 5.90. The number of carboxylic acids is 1. The number of carbonyl (C=O) groups is 2. The summed E-state index contributed by atoms with van der Waals surface area (Å²) >= 11 is 0. The van der Waals surface area contributed by atoms with E-state index in [9.17, 15) is 19.1 Å². The Labute approximate surface area is 145 Å². The quantitative estimate of drug-likeness (QED) is 0.809. The third kappa shape index (κ3) is 4.22. The Kier molecular flexibility index (Phi) is 5.88. The Morgan fingerprint density at radius 2 is 1.76 bits per heavy atom. The van der Waals surface area contributed by atoms with Gasteiger partial charge in [-0.3, -0.25) is 4.79 Å². The molecule has 2 atom stereocenters. The van der Waals surface area contributed by atoms with Gasteiger partial charge in [0.05, 0.1) is 0 Å². The number of nitrogens with one attached hydrogen (secondary N) is 1. The predicted octanol–water partition coefficient (Wildman–Crippen LogP) is 3.02. The molecule has 0 aliphatic heterocycles. The lowest BCUT2D eigenvalue weighted by Gasteiger charge is -2.29. The molecule has 0 heterocycles. The smallest absolute Gasteiger partial charge is 0.333 e. The lowest BCUT2D eigenvalue weighted by atomic mass is 9.91. The normalized spacial score (nSPS) is 14.4. The van der Waals surface area contributed by atoms with Gasteiger partial charge in [0.15, 0.2) is 11.6 Å². The number of hydrogen-bond acceptors (Lipinski definition) is 3. The molecule has 0 aliphatic rings. The molecule has 2 unspecified atom stereocenters. The lowest BCUT2D eigenvalue weighted by molar-refractivity contribution is -0.150. The molecule has 0 spiro atoms. The zero-order valence-corrected chi connectivity index (χ0v) is 14.0. The largest absolute Gasteiger partial charge is 0.479 e. The molecule has 0 saturated heterocycles. The first-order chi connectivity index (χ1) is 11.9. The summed E-state index contributed by atoms with van der Waals surface area (Å²) in [6.45, 7) is 3.39. The van der Waals surface area contributed by atoms with Gasteiger partial charge in [-0.2, -0.15) is 0 Å². The molecule has 0 saturated carbocycles. The van der Waals surface area contributed by atoms with Crippen LogP contribution in [0.5, 0.6) is 0 Å². The van der Waals surface area contributed by atoms with E-state index in [0.29, 0.717) is 5.56 Å². The van der Waals surface area contributed by atoms with Crippen molar-refractivity contribution in [3.8, 4) is 0 Å². The molecule has 1 amide bonds. The summed E-state index contributed by atoms with van der Waals surface area (Å²) in [5.74, 6) is -2.32. The number of ether oxygens (including phenoxy) is 1. The molecule has 5 nitrogen and oxygen atoms in total. The van der Waals surface area contributed by atoms with Crippen molar-refractivity contribution in [1.82, 2.24) is 5.32 Å². The van der Waals surface area contributed by atoms with Crippen LogP contribution in [0.1, 0.15) is 31.1 Å². The van der Waals surface area contributed by atoms with Crippen molar-refractivity contribution in [3.05, 3.63) is 71.5 Å². The van der Waals surface area contributed by atoms with Gasteiger partial charge in [-0.25, -0.2) is 9.18 Å². The molecule has 25 heavy (non-hydrogen) atoms. The average molecular weight is 345 g/mol. The number of hydrogen-bond donors (Lipinski definition) is 2. The van der Waals surface area contributed by atoms with E-state index in [2.05, 4.69) is 5.32 Å². The van der Waals surface area contributed by atoms with Crippen LogP contribution in [0, 0.1) is 5.82 Å². The Morgan fingerprint density at radius 1 is 1.16 bits per heavy atom. The van der Waals surface area contributed by atoms with Crippen LogP contribution >= 0.6 is 0 Å². The van der Waals surface area contributed by atoms with Crippen LogP contribution in [0.3, 0.4) is 0 Å². The van der Waals surface area contributed by atoms with E-state index in [4.69, 9.17) is 4.74 Å². The second-order valence-electron chi connectivity index (χ2n) is 5.67. The van der Waals surface area contributed by atoms with E-state index in [1.807, 2.05) is 6.07 Å². The number of aliphatic carboxylic acids is 1. The zero-order valence-electron chi connectivity index (χ0n) is 14.0. The van der Waals surface area contributed by atoms with Gasteiger partial charge in [-0.05, 0) is 37.1 Å². The summed E-state index contributed by atoms with van der Waals surface area (Å²) in [7, 11) is 0. The highest BCUT2D eigenvalue weighted by atomic mass is 19.1. The SMILES string of the molecule is CCOC(C(=O)NC(C)(C(=O)O)c1ccc(F)cc1)c1ccccc1. The number of carbonyl (C=O) groups excluding carboxylic acids is 1. The predicted molar refractivity (Wildman–Crippen MR) is 90.3 cm³/mol. The van der Waals surface area contributed by atoms with Gasteiger partial charge in [0.1, 0.15) is 5.82 Å². The monoisotopic (exact) mass is 345 g/mol. The molecule has 0 radical (unpaired) electrons. The van der Waals surface area contributed by atoms with Crippen molar-refractivity contribution in [2.24, 2.45) is 0 Å². The minimum atomic E-state index is -1.71. The van der Waals surface area contributed by atoms with Crippen molar-refractivity contribution in [1.29, 1.82) is 0 Å². The molecule has 2 rings (SSSR count). The zero-order chi connectivity index (χ0) is 18.4. The van der Waals surface area contributed by atoms with Crippen LogP contribution in [-0.4, -0.2) is 23.6 Å². The van der Waals surface area contributed by atoms with Crippen LogP contribution in [0.4, 0.5) is 4.39 Å². The van der Waals surface area contributed by atoms with Crippen LogP contribution in [0.25, 0.3) is 0 Å². The molecule has 0 aliphatic carbocycles. The third-order valence-electron chi connectivity index (χ3n) is 3.90. The molecule has 132 valence electrons. The number of benzene rings is 2. The Morgan fingerprint density at radius 3 is 2.28 bits per heavy atom. The van der Waals surface area contributed by atoms with Gasteiger partial charge in [-0.15, -0.1) is 0 Å². The van der Waals surface area contributed by atoms with Gasteiger partial charge >= 0.3 is 5.97 Å². The number of amides is 1. The van der Waals surface area contributed by atoms with Crippen LogP contribution in [0.2, 0.25) is 0 Å². The van der Waals surface area contributed by atoms with Gasteiger partial charge < -0.3 is 15.2 Å². The van der Waals surface area contributed by atoms with Gasteiger partial charge in [0.25, 0.3) is 5.91 Å². The van der Waals surface area contributed by atoms with E-state index in [-0.39, 0.29) is 12.2 Å². The van der Waals surface area contributed by atoms with E-state index in [1.54, 1.807) is 31.2 Å². The molecule has 0 aromatic heterocycles. The van der Waals surface area contributed by atoms with Crippen LogP contribution < -0.4 is 5.32 Å². The van der Waals surface area contributed by atoms with Crippen molar-refractivity contribution in [3.63, 3.8) is 0 Å². The van der Waals surface area contributed by atoms with Crippen molar-refractivity contribution in [2.75, 3.05) is 6.61 Å². The molecule has 6 heteroatoms. The molecule has 2 aromatic rings. The first kappa shape index (κ1) is 18.6. The fraction of sp³-hybridized carbons (Fsp3) is 0.263. The Hall–Kier alpha value is -2.73. The van der Waals surface area contributed by atoms with Crippen LogP contribution in [0.15, 0.2) is 54.6 Å². The van der Waals surface area contributed by atoms with E-state index in [0.717, 1.165) is 12.1 Å². The molecule has 2 aromatic carbocycles. The lowest BCUT2D eigenvalue weighted by Crippen LogP contribution is -2.51. The maximum Gasteiger partial charge on any atom is 0.333 e. The van der Waals surface area contributed by atoms with E-state index >= 15 is 0 Å². The molecule has 0 fully saturated rings. The standard InChI is InChI=1S/C19H20FNO4/c1-3-25-16(13-7-5-4-6-8-13)17(22)21-19(2,18(23)24)14-9-11-15(20)12-10-14/h4-12,16H,3H2,1-2H3,(H,21,22)(H,23,24). The maximum atomic E-state index is 13.1. The number of carboxylic acid groups (broad SMARTS) is 1. The average Bonchev–Trinajstić information content (AvgIpc) is 2.60. The fourth-order valence-electron chi connectivity index (χ4n) is 2.46. The second kappa shape index (κ2) is 7.90. The number of rotatable bonds is 7. The summed E-state index contributed by atoms with van der Waals surface area (Å²) in [6.07, 6.45) is -0.940. The maximum absolute atomic E-state index is 13.1. The second-order valence-corrected chi connectivity index (χ2v) is 5.67. The summed E-state index contributed by atoms with van der Waals surface area (Å²) < 4.78 is 18.6. The van der Waals surface area contributed by atoms with E-state index < -0.39 is 29.3 Å². The van der Waals surface area contributed by atoms with Crippen molar-refractivity contribution >= 4 is 11.9 Å². The fourth-order valence-corrected chi connectivity index (χ4v) is 2.46. The Bertz CT molecular complexity index is 733. The number of halogens is 1. The van der Waals surface area contributed by atoms with Gasteiger partial charge in [0.2, 0.25) is 0 Å². The summed E-state index contributed by atoms with van der Waals surface area (Å²) in [6, 6.07) is 13.8. The molecular formula is C19H20FNO4. The van der Waals surface area contributed by atoms with E-state index in [1.165, 1.54) is 19.1 Å². The first-order valence-electron chi connectivity index (χ1n) is 7.86. The summed E-state index contributed by atoms with van der Waals surface area (Å²) in [4.78, 5) is 24.5.